The van der Waals surface area contributed by atoms with E-state index in [-0.39, 0.29) is 6.10 Å². The first-order chi connectivity index (χ1) is 12.8. The van der Waals surface area contributed by atoms with Crippen LogP contribution in [0.15, 0.2) is 30.3 Å². The summed E-state index contributed by atoms with van der Waals surface area (Å²) in [6.45, 7) is 6.13. The molecule has 1 saturated heterocycles. The van der Waals surface area contributed by atoms with E-state index >= 15 is 0 Å². The Morgan fingerprint density at radius 1 is 1.04 bits per heavy atom. The van der Waals surface area contributed by atoms with Gasteiger partial charge in [0, 0.05) is 45.0 Å². The van der Waals surface area contributed by atoms with Gasteiger partial charge >= 0.3 is 0 Å². The minimum atomic E-state index is -0.363. The minimum Gasteiger partial charge on any atom is -0.389 e. The van der Waals surface area contributed by atoms with Gasteiger partial charge in [0.2, 0.25) is 0 Å². The van der Waals surface area contributed by atoms with Gasteiger partial charge in [0.25, 0.3) is 0 Å². The third-order valence-electron chi connectivity index (χ3n) is 6.79. The molecule has 0 spiro atoms. The Labute approximate surface area is 158 Å². The molecule has 4 nitrogen and oxygen atoms in total. The molecule has 0 aromatic heterocycles. The van der Waals surface area contributed by atoms with Gasteiger partial charge in [-0.3, -0.25) is 4.90 Å². The van der Waals surface area contributed by atoms with E-state index in [2.05, 4.69) is 40.1 Å². The second-order valence-corrected chi connectivity index (χ2v) is 8.58. The fourth-order valence-electron chi connectivity index (χ4n) is 5.36. The fraction of sp³-hybridized carbons (Fsp3) is 0.727. The number of para-hydroxylation sites is 1. The normalized spacial score (nSPS) is 30.0. The molecule has 0 amide bonds. The van der Waals surface area contributed by atoms with Crippen molar-refractivity contribution in [3.8, 4) is 0 Å². The van der Waals surface area contributed by atoms with Crippen LogP contribution in [0, 0.1) is 17.8 Å². The molecule has 1 heterocycles. The van der Waals surface area contributed by atoms with Gasteiger partial charge in [-0.1, -0.05) is 24.6 Å². The Kier molecular flexibility index (Phi) is 6.13. The number of benzene rings is 1. The van der Waals surface area contributed by atoms with Crippen molar-refractivity contribution in [2.24, 2.45) is 17.8 Å². The van der Waals surface area contributed by atoms with Gasteiger partial charge in [-0.05, 0) is 55.6 Å². The van der Waals surface area contributed by atoms with Gasteiger partial charge in [-0.2, -0.15) is 0 Å². The first kappa shape index (κ1) is 18.3. The van der Waals surface area contributed by atoms with Crippen molar-refractivity contribution >= 4 is 5.69 Å². The maximum absolute atomic E-state index is 10.3. The molecule has 2 aliphatic carbocycles. The minimum absolute atomic E-state index is 0.363. The zero-order valence-electron chi connectivity index (χ0n) is 15.9. The number of β-amino-alcohol motifs (C(OH)–C–C–N with tert-alkyl or cyclic N) is 1. The summed E-state index contributed by atoms with van der Waals surface area (Å²) in [6.07, 6.45) is 6.66. The van der Waals surface area contributed by atoms with Crippen molar-refractivity contribution in [2.45, 2.75) is 38.2 Å². The van der Waals surface area contributed by atoms with E-state index in [1.165, 1.54) is 37.8 Å². The van der Waals surface area contributed by atoms with Crippen LogP contribution >= 0.6 is 0 Å². The summed E-state index contributed by atoms with van der Waals surface area (Å²) in [4.78, 5) is 4.79. The van der Waals surface area contributed by atoms with Crippen LogP contribution in [-0.2, 0) is 4.74 Å². The highest BCUT2D eigenvalue weighted by molar-refractivity contribution is 5.46. The van der Waals surface area contributed by atoms with Crippen molar-refractivity contribution in [2.75, 3.05) is 50.8 Å². The lowest BCUT2D eigenvalue weighted by Gasteiger charge is -2.36. The van der Waals surface area contributed by atoms with Crippen molar-refractivity contribution in [3.63, 3.8) is 0 Å². The molecular weight excluding hydrogens is 324 g/mol. The molecule has 1 N–H and O–H groups in total. The molecule has 4 atom stereocenters. The maximum atomic E-state index is 10.3. The Morgan fingerprint density at radius 2 is 1.85 bits per heavy atom. The van der Waals surface area contributed by atoms with Crippen LogP contribution in [0.5, 0.6) is 0 Å². The Balaban J connectivity index is 1.09. The van der Waals surface area contributed by atoms with Crippen molar-refractivity contribution in [1.82, 2.24) is 4.90 Å². The average molecular weight is 359 g/mol. The summed E-state index contributed by atoms with van der Waals surface area (Å²) >= 11 is 0. The Hall–Kier alpha value is -1.10. The highest BCUT2D eigenvalue weighted by Gasteiger charge is 2.38. The van der Waals surface area contributed by atoms with Crippen LogP contribution in [-0.4, -0.2) is 62.0 Å². The molecule has 144 valence electrons. The third kappa shape index (κ3) is 4.59. The molecule has 2 saturated carbocycles. The lowest BCUT2D eigenvalue weighted by Crippen LogP contribution is -2.49. The largest absolute Gasteiger partial charge is 0.389 e. The first-order valence-electron chi connectivity index (χ1n) is 10.6. The second kappa shape index (κ2) is 8.73. The molecule has 0 radical (unpaired) electrons. The van der Waals surface area contributed by atoms with E-state index < -0.39 is 0 Å². The molecule has 1 aromatic carbocycles. The fourth-order valence-corrected chi connectivity index (χ4v) is 5.36. The summed E-state index contributed by atoms with van der Waals surface area (Å²) < 4.78 is 5.81. The molecule has 1 aliphatic heterocycles. The number of piperazine rings is 1. The van der Waals surface area contributed by atoms with Gasteiger partial charge in [-0.25, -0.2) is 0 Å². The quantitative estimate of drug-likeness (QED) is 0.725. The maximum Gasteiger partial charge on any atom is 0.0900 e. The molecule has 1 aromatic rings. The third-order valence-corrected chi connectivity index (χ3v) is 6.79. The lowest BCUT2D eigenvalue weighted by atomic mass is 9.87. The summed E-state index contributed by atoms with van der Waals surface area (Å²) in [6, 6.07) is 10.6. The van der Waals surface area contributed by atoms with E-state index in [1.807, 2.05) is 0 Å². The Bertz CT molecular complexity index is 544. The number of ether oxygens (including phenoxy) is 1. The smallest absolute Gasteiger partial charge is 0.0900 e. The number of fused-ring (bicyclic) bond motifs is 2. The highest BCUT2D eigenvalue weighted by Crippen LogP contribution is 2.49. The van der Waals surface area contributed by atoms with E-state index in [0.29, 0.717) is 6.61 Å². The van der Waals surface area contributed by atoms with Crippen molar-refractivity contribution < 1.29 is 9.84 Å². The van der Waals surface area contributed by atoms with Gasteiger partial charge in [0.05, 0.1) is 12.7 Å². The summed E-state index contributed by atoms with van der Waals surface area (Å²) in [5.74, 6) is 2.90. The molecule has 3 aliphatic rings. The number of rotatable bonds is 8. The number of hydrogen-bond donors (Lipinski definition) is 1. The topological polar surface area (TPSA) is 35.9 Å². The van der Waals surface area contributed by atoms with Gasteiger partial charge in [0.1, 0.15) is 0 Å². The van der Waals surface area contributed by atoms with Crippen LogP contribution in [0.2, 0.25) is 0 Å². The summed E-state index contributed by atoms with van der Waals surface area (Å²) in [5, 5.41) is 10.3. The first-order valence-corrected chi connectivity index (χ1v) is 10.6. The predicted molar refractivity (Wildman–Crippen MR) is 105 cm³/mol. The van der Waals surface area contributed by atoms with Crippen molar-refractivity contribution in [3.05, 3.63) is 30.3 Å². The number of aliphatic hydroxyl groups is 1. The van der Waals surface area contributed by atoms with Crippen LogP contribution < -0.4 is 4.90 Å². The number of anilines is 1. The van der Waals surface area contributed by atoms with Gasteiger partial charge in [0.15, 0.2) is 0 Å². The van der Waals surface area contributed by atoms with Gasteiger partial charge in [-0.15, -0.1) is 0 Å². The second-order valence-electron chi connectivity index (χ2n) is 8.58. The number of nitrogens with zero attached hydrogens (tertiary/aromatic N) is 2. The van der Waals surface area contributed by atoms with E-state index in [9.17, 15) is 5.11 Å². The van der Waals surface area contributed by atoms with Crippen LogP contribution in [0.3, 0.4) is 0 Å². The lowest BCUT2D eigenvalue weighted by molar-refractivity contribution is 0.0100. The van der Waals surface area contributed by atoms with Crippen molar-refractivity contribution in [1.29, 1.82) is 0 Å². The molecule has 3 fully saturated rings. The zero-order valence-corrected chi connectivity index (χ0v) is 15.9. The molecule has 4 heteroatoms. The highest BCUT2D eigenvalue weighted by atomic mass is 16.5. The predicted octanol–water partition coefficient (Wildman–Crippen LogP) is 3.01. The average Bonchev–Trinajstić information content (AvgIpc) is 3.30. The van der Waals surface area contributed by atoms with E-state index in [0.717, 1.165) is 57.1 Å². The molecule has 0 unspecified atom stereocenters. The summed E-state index contributed by atoms with van der Waals surface area (Å²) in [7, 11) is 0. The molecular formula is C22H34N2O2. The number of hydrogen-bond acceptors (Lipinski definition) is 4. The van der Waals surface area contributed by atoms with Gasteiger partial charge < -0.3 is 14.7 Å². The Morgan fingerprint density at radius 3 is 2.54 bits per heavy atom. The molecule has 2 bridgehead atoms. The standard InChI is InChI=1S/C22H34N2O2/c25-22(17-26-13-8-20-15-18-6-7-19(20)14-18)16-23-9-11-24(12-10-23)21-4-2-1-3-5-21/h1-5,18-20,22,25H,6-17H2/t18-,19-,20+,22-/m0/s1. The number of aliphatic hydroxyl groups excluding tert-OH is 1. The molecule has 26 heavy (non-hydrogen) atoms. The SMILES string of the molecule is O[C@H](COCC[C@@H]1C[C@H]2CC[C@H]1C2)CN1CCN(c2ccccc2)CC1. The van der Waals surface area contributed by atoms with Crippen LogP contribution in [0.25, 0.3) is 0 Å². The monoisotopic (exact) mass is 358 g/mol. The van der Waals surface area contributed by atoms with E-state index in [4.69, 9.17) is 4.74 Å². The molecule has 4 rings (SSSR count). The summed E-state index contributed by atoms with van der Waals surface area (Å²) in [5.41, 5.74) is 1.30. The van der Waals surface area contributed by atoms with Crippen LogP contribution in [0.4, 0.5) is 5.69 Å². The van der Waals surface area contributed by atoms with Crippen LogP contribution in [0.1, 0.15) is 32.1 Å². The van der Waals surface area contributed by atoms with E-state index in [1.54, 1.807) is 0 Å². The zero-order chi connectivity index (χ0) is 17.8.